The molecule has 1 aromatic rings. The summed E-state index contributed by atoms with van der Waals surface area (Å²) in [6.07, 6.45) is 14.6. The van der Waals surface area contributed by atoms with Crippen LogP contribution in [0.4, 0.5) is 0 Å². The molecule has 208 valence electrons. The lowest BCUT2D eigenvalue weighted by molar-refractivity contribution is -0.117. The van der Waals surface area contributed by atoms with E-state index in [0.717, 1.165) is 35.9 Å². The molecule has 4 saturated carbocycles. The van der Waals surface area contributed by atoms with E-state index in [1.54, 1.807) is 0 Å². The molecule has 0 aromatic carbocycles. The first-order chi connectivity index (χ1) is 17.4. The summed E-state index contributed by atoms with van der Waals surface area (Å²) < 4.78 is 2.20. The fraction of sp³-hybridized carbons (Fsp3) is 0.794. The van der Waals surface area contributed by atoms with E-state index in [-0.39, 0.29) is 4.75 Å². The minimum atomic E-state index is -0.0215. The molecule has 0 saturated heterocycles. The second-order valence-corrected chi connectivity index (χ2v) is 14.8. The Kier molecular flexibility index (Phi) is 8.28. The first kappa shape index (κ1) is 29.0. The maximum Gasteiger partial charge on any atom is 0.0625 e. The number of hydrogen-bond acceptors (Lipinski definition) is 2. The van der Waals surface area contributed by atoms with Gasteiger partial charge in [0.15, 0.2) is 0 Å². The minimum Gasteiger partial charge on any atom is -0.265 e. The standard InChI is InChI=1S/C32H50N2S.C2H6/c1-9-32(8,35)25-14-16-30(6)24(18-25)10-11-26-28-13-12-27(31(28,7)17-15-29(26)30)20(2)19-34-23(5)21(3)22(4)33-34;1-2/h9,24-29,35H,1-2,10-19H2,3-8H3;1-2H3. The fourth-order valence-corrected chi connectivity index (χ4v) is 10.1. The molecule has 9 unspecified atom stereocenters. The molecule has 0 aliphatic heterocycles. The summed E-state index contributed by atoms with van der Waals surface area (Å²) in [4.78, 5) is 0. The molecule has 4 aliphatic carbocycles. The van der Waals surface area contributed by atoms with Crippen LogP contribution in [0.25, 0.3) is 0 Å². The molecule has 9 atom stereocenters. The van der Waals surface area contributed by atoms with E-state index in [2.05, 4.69) is 58.9 Å². The number of rotatable bonds is 5. The quantitative estimate of drug-likeness (QED) is 0.300. The highest BCUT2D eigenvalue weighted by Gasteiger charge is 2.60. The van der Waals surface area contributed by atoms with Crippen molar-refractivity contribution in [2.45, 2.75) is 124 Å². The third-order valence-electron chi connectivity index (χ3n) is 12.5. The van der Waals surface area contributed by atoms with Gasteiger partial charge in [-0.05, 0) is 137 Å². The van der Waals surface area contributed by atoms with E-state index in [1.165, 1.54) is 74.6 Å². The normalized spacial score (nSPS) is 40.4. The monoisotopic (exact) mass is 524 g/mol. The number of allylic oxidation sites excluding steroid dienone is 1. The summed E-state index contributed by atoms with van der Waals surface area (Å²) >= 11 is 5.01. The third-order valence-corrected chi connectivity index (χ3v) is 13.0. The van der Waals surface area contributed by atoms with Crippen molar-refractivity contribution >= 4 is 12.6 Å². The molecule has 1 heterocycles. The Morgan fingerprint density at radius 3 is 2.30 bits per heavy atom. The molecular formula is C34H56N2S. The van der Waals surface area contributed by atoms with Crippen LogP contribution in [0.1, 0.15) is 109 Å². The molecule has 4 aliphatic rings. The molecule has 3 heteroatoms. The smallest absolute Gasteiger partial charge is 0.0625 e. The van der Waals surface area contributed by atoms with Gasteiger partial charge in [0.05, 0.1) is 12.2 Å². The molecule has 0 amide bonds. The van der Waals surface area contributed by atoms with Crippen molar-refractivity contribution in [1.29, 1.82) is 0 Å². The van der Waals surface area contributed by atoms with Gasteiger partial charge in [-0.15, -0.1) is 6.58 Å². The summed E-state index contributed by atoms with van der Waals surface area (Å²) in [6.45, 7) is 27.9. The average molecular weight is 525 g/mol. The SMILES string of the molecule is C=CC(C)(S)C1CCC2(C)C(CCC3C2CCC2(C)C(C(=C)Cn4nc(C)c(C)c4C)CCC32)C1.CC. The van der Waals surface area contributed by atoms with Crippen molar-refractivity contribution in [3.05, 3.63) is 41.8 Å². The topological polar surface area (TPSA) is 17.8 Å². The zero-order valence-corrected chi connectivity index (χ0v) is 26.3. The summed E-state index contributed by atoms with van der Waals surface area (Å²) in [7, 11) is 0. The molecule has 0 bridgehead atoms. The Morgan fingerprint density at radius 2 is 1.68 bits per heavy atom. The summed E-state index contributed by atoms with van der Waals surface area (Å²) in [5.74, 6) is 4.92. The molecular weight excluding hydrogens is 468 g/mol. The van der Waals surface area contributed by atoms with Crippen LogP contribution in [0.15, 0.2) is 24.8 Å². The van der Waals surface area contributed by atoms with Gasteiger partial charge in [-0.1, -0.05) is 45.9 Å². The number of nitrogens with zero attached hydrogens (tertiary/aromatic N) is 2. The van der Waals surface area contributed by atoms with E-state index in [1.807, 2.05) is 13.8 Å². The second-order valence-electron chi connectivity index (χ2n) is 13.8. The summed E-state index contributed by atoms with van der Waals surface area (Å²) in [6, 6.07) is 0. The molecule has 5 rings (SSSR count). The minimum absolute atomic E-state index is 0.0215. The molecule has 2 nitrogen and oxygen atoms in total. The van der Waals surface area contributed by atoms with Crippen molar-refractivity contribution in [3.63, 3.8) is 0 Å². The van der Waals surface area contributed by atoms with Gasteiger partial charge in [0.1, 0.15) is 0 Å². The lowest BCUT2D eigenvalue weighted by atomic mass is 9.43. The van der Waals surface area contributed by atoms with Gasteiger partial charge in [0.25, 0.3) is 0 Å². The van der Waals surface area contributed by atoms with Crippen LogP contribution in [0.5, 0.6) is 0 Å². The highest BCUT2D eigenvalue weighted by atomic mass is 32.1. The molecule has 0 spiro atoms. The Balaban J connectivity index is 0.00000156. The molecule has 4 fully saturated rings. The van der Waals surface area contributed by atoms with Gasteiger partial charge in [-0.2, -0.15) is 17.7 Å². The van der Waals surface area contributed by atoms with Crippen LogP contribution in [0.2, 0.25) is 0 Å². The van der Waals surface area contributed by atoms with Crippen LogP contribution >= 0.6 is 12.6 Å². The fourth-order valence-electron chi connectivity index (χ4n) is 9.87. The molecule has 0 N–H and O–H groups in total. The number of aryl methyl sites for hydroxylation is 1. The van der Waals surface area contributed by atoms with Crippen molar-refractivity contribution in [2.24, 2.45) is 46.3 Å². The van der Waals surface area contributed by atoms with Crippen LogP contribution in [-0.2, 0) is 6.54 Å². The maximum absolute atomic E-state index is 5.01. The van der Waals surface area contributed by atoms with Gasteiger partial charge >= 0.3 is 0 Å². The number of hydrogen-bond donors (Lipinski definition) is 1. The zero-order valence-electron chi connectivity index (χ0n) is 25.4. The lowest BCUT2D eigenvalue weighted by Gasteiger charge is -2.62. The van der Waals surface area contributed by atoms with Gasteiger partial charge in [-0.3, -0.25) is 4.68 Å². The van der Waals surface area contributed by atoms with Gasteiger partial charge in [-0.25, -0.2) is 0 Å². The van der Waals surface area contributed by atoms with E-state index >= 15 is 0 Å². The highest BCUT2D eigenvalue weighted by molar-refractivity contribution is 7.82. The third kappa shape index (κ3) is 4.72. The van der Waals surface area contributed by atoms with E-state index in [4.69, 9.17) is 24.3 Å². The number of fused-ring (bicyclic) bond motifs is 5. The summed E-state index contributed by atoms with van der Waals surface area (Å²) in [5, 5.41) is 4.84. The first-order valence-corrected chi connectivity index (χ1v) is 15.9. The predicted octanol–water partition coefficient (Wildman–Crippen LogP) is 9.54. The molecule has 1 aromatic heterocycles. The summed E-state index contributed by atoms with van der Waals surface area (Å²) in [5.41, 5.74) is 6.19. The number of thiol groups is 1. The zero-order chi connectivity index (χ0) is 27.3. The van der Waals surface area contributed by atoms with Gasteiger partial charge in [0.2, 0.25) is 0 Å². The van der Waals surface area contributed by atoms with Crippen molar-refractivity contribution in [1.82, 2.24) is 9.78 Å². The van der Waals surface area contributed by atoms with Crippen molar-refractivity contribution < 1.29 is 0 Å². The van der Waals surface area contributed by atoms with E-state index in [0.29, 0.717) is 22.7 Å². The second kappa shape index (κ2) is 10.5. The van der Waals surface area contributed by atoms with Crippen LogP contribution < -0.4 is 0 Å². The Labute approximate surface area is 234 Å². The van der Waals surface area contributed by atoms with Crippen molar-refractivity contribution in [2.75, 3.05) is 0 Å². The first-order valence-electron chi connectivity index (χ1n) is 15.5. The van der Waals surface area contributed by atoms with Crippen molar-refractivity contribution in [3.8, 4) is 0 Å². The van der Waals surface area contributed by atoms with Crippen LogP contribution in [0.3, 0.4) is 0 Å². The molecule has 0 radical (unpaired) electrons. The van der Waals surface area contributed by atoms with Crippen LogP contribution in [0, 0.1) is 67.1 Å². The Morgan fingerprint density at radius 1 is 1.03 bits per heavy atom. The van der Waals surface area contributed by atoms with Gasteiger partial charge < -0.3 is 0 Å². The highest BCUT2D eigenvalue weighted by Crippen LogP contribution is 2.69. The average Bonchev–Trinajstić information content (AvgIpc) is 3.35. The largest absolute Gasteiger partial charge is 0.265 e. The number of aromatic nitrogens is 2. The van der Waals surface area contributed by atoms with E-state index < -0.39 is 0 Å². The maximum atomic E-state index is 5.01. The molecule has 37 heavy (non-hydrogen) atoms. The van der Waals surface area contributed by atoms with Gasteiger partial charge in [0, 0.05) is 10.4 Å². The van der Waals surface area contributed by atoms with E-state index in [9.17, 15) is 0 Å². The Hall–Kier alpha value is -0.960. The lowest BCUT2D eigenvalue weighted by Crippen LogP contribution is -2.54. The Bertz CT molecular complexity index is 1000. The van der Waals surface area contributed by atoms with Crippen LogP contribution in [-0.4, -0.2) is 14.5 Å². The predicted molar refractivity (Wildman–Crippen MR) is 163 cm³/mol.